The maximum atomic E-state index is 12.2. The summed E-state index contributed by atoms with van der Waals surface area (Å²) >= 11 is 5.90. The van der Waals surface area contributed by atoms with Gasteiger partial charge in [-0.1, -0.05) is 17.7 Å². The average molecular weight is 291 g/mol. The van der Waals surface area contributed by atoms with Gasteiger partial charge in [-0.05, 0) is 36.8 Å². The summed E-state index contributed by atoms with van der Waals surface area (Å²) in [7, 11) is 0. The molecule has 4 nitrogen and oxygen atoms in total. The number of benzene rings is 1. The first-order chi connectivity index (χ1) is 9.72. The maximum Gasteiger partial charge on any atom is 0.321 e. The van der Waals surface area contributed by atoms with E-state index in [2.05, 4.69) is 5.32 Å². The monoisotopic (exact) mass is 290 g/mol. The third kappa shape index (κ3) is 2.80. The summed E-state index contributed by atoms with van der Waals surface area (Å²) in [5.74, 6) is 1.23. The van der Waals surface area contributed by atoms with Gasteiger partial charge >= 0.3 is 6.03 Å². The molecule has 0 spiro atoms. The lowest BCUT2D eigenvalue weighted by molar-refractivity contribution is 0.221. The van der Waals surface area contributed by atoms with E-state index in [1.54, 1.807) is 23.3 Å². The highest BCUT2D eigenvalue weighted by Crippen LogP contribution is 2.27. The van der Waals surface area contributed by atoms with E-state index in [0.717, 1.165) is 18.7 Å². The molecular weight excluding hydrogens is 276 g/mol. The number of nitrogens with one attached hydrogen (secondary N) is 1. The third-order valence-electron chi connectivity index (χ3n) is 3.50. The number of carbonyl (C=O) groups excluding carboxylic acids is 1. The molecule has 1 aliphatic rings. The molecule has 1 aromatic carbocycles. The van der Waals surface area contributed by atoms with Crippen molar-refractivity contribution in [3.63, 3.8) is 0 Å². The minimum absolute atomic E-state index is 0.0960. The Bertz CT molecular complexity index is 598. The smallest absolute Gasteiger partial charge is 0.321 e. The van der Waals surface area contributed by atoms with Gasteiger partial charge in [0.15, 0.2) is 0 Å². The number of nitrogens with zero attached hydrogens (tertiary/aromatic N) is 1. The largest absolute Gasteiger partial charge is 0.469 e. The fourth-order valence-electron chi connectivity index (χ4n) is 2.47. The van der Waals surface area contributed by atoms with Crippen LogP contribution in [0.1, 0.15) is 18.1 Å². The second-order valence-electron chi connectivity index (χ2n) is 4.89. The lowest BCUT2D eigenvalue weighted by Gasteiger charge is -2.17. The van der Waals surface area contributed by atoms with Crippen LogP contribution in [0.4, 0.5) is 10.5 Å². The van der Waals surface area contributed by atoms with E-state index in [1.165, 1.54) is 0 Å². The van der Waals surface area contributed by atoms with Gasteiger partial charge in [-0.15, -0.1) is 0 Å². The molecule has 2 amide bonds. The van der Waals surface area contributed by atoms with E-state index in [1.807, 2.05) is 24.3 Å². The molecule has 2 heterocycles. The molecule has 0 aliphatic carbocycles. The molecule has 5 heteroatoms. The lowest BCUT2D eigenvalue weighted by Crippen LogP contribution is -2.32. The van der Waals surface area contributed by atoms with E-state index in [9.17, 15) is 4.79 Å². The molecule has 1 aliphatic heterocycles. The summed E-state index contributed by atoms with van der Waals surface area (Å²) < 4.78 is 5.40. The molecule has 3 rings (SSSR count). The minimum atomic E-state index is -0.0960. The zero-order valence-electron chi connectivity index (χ0n) is 10.9. The minimum Gasteiger partial charge on any atom is -0.469 e. The van der Waals surface area contributed by atoms with E-state index in [0.29, 0.717) is 17.3 Å². The van der Waals surface area contributed by atoms with Crippen molar-refractivity contribution in [2.24, 2.45) is 0 Å². The van der Waals surface area contributed by atoms with Crippen molar-refractivity contribution >= 4 is 23.3 Å². The first-order valence-corrected chi connectivity index (χ1v) is 6.95. The number of furan rings is 1. The molecule has 0 saturated carbocycles. The van der Waals surface area contributed by atoms with Crippen molar-refractivity contribution in [1.82, 2.24) is 4.90 Å². The SMILES string of the molecule is O=C(Nc1cccc(Cl)c1)N1CCC(c2ccco2)C1. The van der Waals surface area contributed by atoms with Crippen LogP contribution in [0.2, 0.25) is 5.02 Å². The van der Waals surface area contributed by atoms with Gasteiger partial charge in [-0.25, -0.2) is 4.79 Å². The number of hydrogen-bond donors (Lipinski definition) is 1. The van der Waals surface area contributed by atoms with Gasteiger partial charge in [0.1, 0.15) is 5.76 Å². The first kappa shape index (κ1) is 13.1. The van der Waals surface area contributed by atoms with Crippen LogP contribution in [0.3, 0.4) is 0 Å². The number of likely N-dealkylation sites (tertiary alicyclic amines) is 1. The molecule has 1 atom stereocenters. The van der Waals surface area contributed by atoms with Gasteiger partial charge in [0.05, 0.1) is 6.26 Å². The van der Waals surface area contributed by atoms with Gasteiger partial charge < -0.3 is 14.6 Å². The van der Waals surface area contributed by atoms with E-state index in [-0.39, 0.29) is 11.9 Å². The molecule has 1 saturated heterocycles. The molecule has 1 aromatic heterocycles. The number of halogens is 1. The molecule has 104 valence electrons. The molecule has 20 heavy (non-hydrogen) atoms. The third-order valence-corrected chi connectivity index (χ3v) is 3.73. The van der Waals surface area contributed by atoms with Gasteiger partial charge in [0.25, 0.3) is 0 Å². The van der Waals surface area contributed by atoms with Gasteiger partial charge in [0, 0.05) is 29.7 Å². The van der Waals surface area contributed by atoms with Crippen LogP contribution in [0.15, 0.2) is 47.1 Å². The van der Waals surface area contributed by atoms with Crippen molar-refractivity contribution in [2.45, 2.75) is 12.3 Å². The van der Waals surface area contributed by atoms with E-state index < -0.39 is 0 Å². The molecule has 1 unspecified atom stereocenters. The van der Waals surface area contributed by atoms with Crippen molar-refractivity contribution in [3.8, 4) is 0 Å². The highest BCUT2D eigenvalue weighted by Gasteiger charge is 2.28. The van der Waals surface area contributed by atoms with Crippen LogP contribution in [0.25, 0.3) is 0 Å². The number of rotatable bonds is 2. The number of amides is 2. The fraction of sp³-hybridized carbons (Fsp3) is 0.267. The van der Waals surface area contributed by atoms with E-state index in [4.69, 9.17) is 16.0 Å². The Labute approximate surface area is 122 Å². The van der Waals surface area contributed by atoms with Crippen LogP contribution < -0.4 is 5.32 Å². The molecule has 2 aromatic rings. The molecule has 1 fully saturated rings. The highest BCUT2D eigenvalue weighted by atomic mass is 35.5. The molecule has 0 radical (unpaired) electrons. The number of carbonyl (C=O) groups is 1. The van der Waals surface area contributed by atoms with Crippen molar-refractivity contribution in [1.29, 1.82) is 0 Å². The Morgan fingerprint density at radius 3 is 3.00 bits per heavy atom. The molecule has 1 N–H and O–H groups in total. The predicted octanol–water partition coefficient (Wildman–Crippen LogP) is 3.95. The summed E-state index contributed by atoms with van der Waals surface area (Å²) in [5.41, 5.74) is 0.712. The Balaban J connectivity index is 1.61. The Kier molecular flexibility index (Phi) is 3.65. The first-order valence-electron chi connectivity index (χ1n) is 6.57. The van der Waals surface area contributed by atoms with Crippen LogP contribution in [-0.2, 0) is 0 Å². The fourth-order valence-corrected chi connectivity index (χ4v) is 2.66. The second-order valence-corrected chi connectivity index (χ2v) is 5.32. The lowest BCUT2D eigenvalue weighted by atomic mass is 10.1. The summed E-state index contributed by atoms with van der Waals surface area (Å²) in [4.78, 5) is 14.0. The van der Waals surface area contributed by atoms with Crippen LogP contribution in [0.5, 0.6) is 0 Å². The highest BCUT2D eigenvalue weighted by molar-refractivity contribution is 6.30. The topological polar surface area (TPSA) is 45.5 Å². The Hall–Kier alpha value is -1.94. The summed E-state index contributed by atoms with van der Waals surface area (Å²) in [6.07, 6.45) is 2.60. The normalized spacial score (nSPS) is 18.2. The van der Waals surface area contributed by atoms with Gasteiger partial charge in [-0.3, -0.25) is 0 Å². The number of anilines is 1. The van der Waals surface area contributed by atoms with Gasteiger partial charge in [0.2, 0.25) is 0 Å². The standard InChI is InChI=1S/C15H15ClN2O2/c16-12-3-1-4-13(9-12)17-15(19)18-7-6-11(10-18)14-5-2-8-20-14/h1-5,8-9,11H,6-7,10H2,(H,17,19). The summed E-state index contributed by atoms with van der Waals surface area (Å²) in [6.45, 7) is 1.41. The maximum absolute atomic E-state index is 12.2. The molecule has 0 bridgehead atoms. The second kappa shape index (κ2) is 5.59. The van der Waals surface area contributed by atoms with Crippen LogP contribution in [0, 0.1) is 0 Å². The van der Waals surface area contributed by atoms with Gasteiger partial charge in [-0.2, -0.15) is 0 Å². The van der Waals surface area contributed by atoms with Crippen molar-refractivity contribution in [2.75, 3.05) is 18.4 Å². The Morgan fingerprint density at radius 1 is 1.35 bits per heavy atom. The van der Waals surface area contributed by atoms with Crippen LogP contribution >= 0.6 is 11.6 Å². The quantitative estimate of drug-likeness (QED) is 0.910. The summed E-state index contributed by atoms with van der Waals surface area (Å²) in [6, 6.07) is 10.9. The number of urea groups is 1. The zero-order valence-corrected chi connectivity index (χ0v) is 11.6. The predicted molar refractivity (Wildman–Crippen MR) is 78.1 cm³/mol. The zero-order chi connectivity index (χ0) is 13.9. The van der Waals surface area contributed by atoms with Crippen molar-refractivity contribution in [3.05, 3.63) is 53.4 Å². The number of hydrogen-bond acceptors (Lipinski definition) is 2. The summed E-state index contributed by atoms with van der Waals surface area (Å²) in [5, 5.41) is 3.47. The molecular formula is C15H15ClN2O2. The van der Waals surface area contributed by atoms with Crippen LogP contribution in [-0.4, -0.2) is 24.0 Å². The van der Waals surface area contributed by atoms with Crippen molar-refractivity contribution < 1.29 is 9.21 Å². The average Bonchev–Trinajstić information content (AvgIpc) is 3.10. The van der Waals surface area contributed by atoms with E-state index >= 15 is 0 Å². The Morgan fingerprint density at radius 2 is 2.25 bits per heavy atom.